The first-order valence-electron chi connectivity index (χ1n) is 6.39. The molecule has 2 N–H and O–H groups in total. The van der Waals surface area contributed by atoms with Crippen LogP contribution in [0, 0.1) is 6.92 Å². The number of rotatable bonds is 3. The van der Waals surface area contributed by atoms with Gasteiger partial charge in [0.2, 0.25) is 0 Å². The summed E-state index contributed by atoms with van der Waals surface area (Å²) in [6.07, 6.45) is 0. The number of hydrogen-bond donors (Lipinski definition) is 1. The minimum atomic E-state index is 0.139. The van der Waals surface area contributed by atoms with Gasteiger partial charge >= 0.3 is 0 Å². The van der Waals surface area contributed by atoms with Crippen molar-refractivity contribution < 1.29 is 0 Å². The Labute approximate surface area is 104 Å². The van der Waals surface area contributed by atoms with Crippen LogP contribution in [0.2, 0.25) is 0 Å². The molecule has 17 heavy (non-hydrogen) atoms. The maximum absolute atomic E-state index is 6.31. The van der Waals surface area contributed by atoms with Crippen molar-refractivity contribution in [2.45, 2.75) is 13.0 Å². The molecule has 3 nitrogen and oxygen atoms in total. The number of benzene rings is 1. The molecular formula is C14H23N3. The quantitative estimate of drug-likeness (QED) is 0.852. The lowest BCUT2D eigenvalue weighted by molar-refractivity contribution is 0.147. The molecule has 0 aromatic heterocycles. The molecule has 1 aliphatic heterocycles. The zero-order chi connectivity index (χ0) is 12.3. The van der Waals surface area contributed by atoms with E-state index in [4.69, 9.17) is 5.73 Å². The van der Waals surface area contributed by atoms with Gasteiger partial charge in [0.1, 0.15) is 0 Å². The predicted molar refractivity (Wildman–Crippen MR) is 72.0 cm³/mol. The molecule has 94 valence electrons. The van der Waals surface area contributed by atoms with Crippen LogP contribution in [0.25, 0.3) is 0 Å². The summed E-state index contributed by atoms with van der Waals surface area (Å²) in [4.78, 5) is 4.84. The molecule has 0 aliphatic carbocycles. The van der Waals surface area contributed by atoms with E-state index in [0.717, 1.165) is 32.7 Å². The van der Waals surface area contributed by atoms with E-state index >= 15 is 0 Å². The van der Waals surface area contributed by atoms with E-state index in [1.807, 2.05) is 0 Å². The van der Waals surface area contributed by atoms with Crippen LogP contribution in [0.1, 0.15) is 17.2 Å². The molecule has 0 saturated carbocycles. The minimum absolute atomic E-state index is 0.139. The standard InChI is InChI=1S/C14H23N3/c1-12-5-3-4-6-13(12)14(15)11-17-9-7-16(2)8-10-17/h3-6,14H,7-11,15H2,1-2H3. The first kappa shape index (κ1) is 12.6. The third-order valence-corrected chi connectivity index (χ3v) is 3.64. The number of piperazine rings is 1. The fourth-order valence-corrected chi connectivity index (χ4v) is 2.41. The molecule has 1 saturated heterocycles. The van der Waals surface area contributed by atoms with E-state index in [2.05, 4.69) is 48.0 Å². The van der Waals surface area contributed by atoms with Crippen molar-refractivity contribution in [1.82, 2.24) is 9.80 Å². The van der Waals surface area contributed by atoms with Gasteiger partial charge in [-0.1, -0.05) is 24.3 Å². The fourth-order valence-electron chi connectivity index (χ4n) is 2.41. The van der Waals surface area contributed by atoms with Gasteiger partial charge < -0.3 is 10.6 Å². The van der Waals surface area contributed by atoms with Gasteiger partial charge in [0.15, 0.2) is 0 Å². The van der Waals surface area contributed by atoms with Crippen LogP contribution < -0.4 is 5.73 Å². The number of nitrogens with zero attached hydrogens (tertiary/aromatic N) is 2. The Morgan fingerprint density at radius 3 is 2.47 bits per heavy atom. The second-order valence-electron chi connectivity index (χ2n) is 5.07. The van der Waals surface area contributed by atoms with Gasteiger partial charge in [-0.2, -0.15) is 0 Å². The molecule has 0 spiro atoms. The lowest BCUT2D eigenvalue weighted by Gasteiger charge is -2.34. The third-order valence-electron chi connectivity index (χ3n) is 3.64. The van der Waals surface area contributed by atoms with E-state index in [1.54, 1.807) is 0 Å². The van der Waals surface area contributed by atoms with Crippen LogP contribution in [0.4, 0.5) is 0 Å². The number of hydrogen-bond acceptors (Lipinski definition) is 3. The van der Waals surface area contributed by atoms with Gasteiger partial charge in [-0.25, -0.2) is 0 Å². The van der Waals surface area contributed by atoms with Crippen LogP contribution in [0.15, 0.2) is 24.3 Å². The van der Waals surface area contributed by atoms with Crippen LogP contribution in [-0.4, -0.2) is 49.6 Å². The summed E-state index contributed by atoms with van der Waals surface area (Å²) in [5.41, 5.74) is 8.89. The number of aryl methyl sites for hydroxylation is 1. The molecule has 3 heteroatoms. The maximum Gasteiger partial charge on any atom is 0.0426 e. The van der Waals surface area contributed by atoms with Crippen molar-refractivity contribution in [3.63, 3.8) is 0 Å². The second kappa shape index (κ2) is 5.63. The molecule has 2 rings (SSSR count). The average molecular weight is 233 g/mol. The van der Waals surface area contributed by atoms with E-state index in [1.165, 1.54) is 11.1 Å². The molecule has 0 radical (unpaired) electrons. The Hall–Kier alpha value is -0.900. The molecule has 1 unspecified atom stereocenters. The van der Waals surface area contributed by atoms with E-state index < -0.39 is 0 Å². The monoisotopic (exact) mass is 233 g/mol. The Kier molecular flexibility index (Phi) is 4.15. The SMILES string of the molecule is Cc1ccccc1C(N)CN1CCN(C)CC1. The van der Waals surface area contributed by atoms with E-state index in [-0.39, 0.29) is 6.04 Å². The van der Waals surface area contributed by atoms with Gasteiger partial charge in [0.05, 0.1) is 0 Å². The van der Waals surface area contributed by atoms with Gasteiger partial charge in [0.25, 0.3) is 0 Å². The fraction of sp³-hybridized carbons (Fsp3) is 0.571. The third kappa shape index (κ3) is 3.28. The van der Waals surface area contributed by atoms with Crippen molar-refractivity contribution >= 4 is 0 Å². The first-order chi connectivity index (χ1) is 8.16. The minimum Gasteiger partial charge on any atom is -0.323 e. The topological polar surface area (TPSA) is 32.5 Å². The van der Waals surface area contributed by atoms with Gasteiger partial charge in [-0.15, -0.1) is 0 Å². The molecule has 0 bridgehead atoms. The van der Waals surface area contributed by atoms with Crippen LogP contribution in [-0.2, 0) is 0 Å². The largest absolute Gasteiger partial charge is 0.323 e. The molecule has 1 heterocycles. The molecule has 1 atom stereocenters. The summed E-state index contributed by atoms with van der Waals surface area (Å²) >= 11 is 0. The molecular weight excluding hydrogens is 210 g/mol. The lowest BCUT2D eigenvalue weighted by Crippen LogP contribution is -2.46. The van der Waals surface area contributed by atoms with Crippen molar-refractivity contribution in [1.29, 1.82) is 0 Å². The van der Waals surface area contributed by atoms with Crippen molar-refractivity contribution in [2.24, 2.45) is 5.73 Å². The number of likely N-dealkylation sites (N-methyl/N-ethyl adjacent to an activating group) is 1. The van der Waals surface area contributed by atoms with Crippen LogP contribution >= 0.6 is 0 Å². The highest BCUT2D eigenvalue weighted by atomic mass is 15.2. The molecule has 1 aliphatic rings. The molecule has 1 fully saturated rings. The van der Waals surface area contributed by atoms with E-state index in [9.17, 15) is 0 Å². The summed E-state index contributed by atoms with van der Waals surface area (Å²) in [7, 11) is 2.18. The van der Waals surface area contributed by atoms with Crippen molar-refractivity contribution in [3.8, 4) is 0 Å². The zero-order valence-electron chi connectivity index (χ0n) is 10.9. The summed E-state index contributed by atoms with van der Waals surface area (Å²) in [5.74, 6) is 0. The molecule has 0 amide bonds. The highest BCUT2D eigenvalue weighted by Gasteiger charge is 2.17. The highest BCUT2D eigenvalue weighted by Crippen LogP contribution is 2.16. The Bertz CT molecular complexity index is 356. The zero-order valence-corrected chi connectivity index (χ0v) is 10.9. The van der Waals surface area contributed by atoms with Crippen molar-refractivity contribution in [3.05, 3.63) is 35.4 Å². The van der Waals surface area contributed by atoms with Gasteiger partial charge in [-0.3, -0.25) is 4.90 Å². The molecule has 1 aromatic rings. The Morgan fingerprint density at radius 1 is 1.18 bits per heavy atom. The maximum atomic E-state index is 6.31. The summed E-state index contributed by atoms with van der Waals surface area (Å²) in [5, 5.41) is 0. The average Bonchev–Trinajstić information content (AvgIpc) is 2.32. The summed E-state index contributed by atoms with van der Waals surface area (Å²) < 4.78 is 0. The summed E-state index contributed by atoms with van der Waals surface area (Å²) in [6, 6.07) is 8.57. The smallest absolute Gasteiger partial charge is 0.0426 e. The van der Waals surface area contributed by atoms with Crippen LogP contribution in [0.3, 0.4) is 0 Å². The van der Waals surface area contributed by atoms with Crippen LogP contribution in [0.5, 0.6) is 0 Å². The van der Waals surface area contributed by atoms with Gasteiger partial charge in [-0.05, 0) is 25.1 Å². The Balaban J connectivity index is 1.93. The first-order valence-corrected chi connectivity index (χ1v) is 6.39. The summed E-state index contributed by atoms with van der Waals surface area (Å²) in [6.45, 7) is 7.69. The number of nitrogens with two attached hydrogens (primary N) is 1. The van der Waals surface area contributed by atoms with Crippen molar-refractivity contribution in [2.75, 3.05) is 39.8 Å². The molecule has 1 aromatic carbocycles. The van der Waals surface area contributed by atoms with E-state index in [0.29, 0.717) is 0 Å². The second-order valence-corrected chi connectivity index (χ2v) is 5.07. The predicted octanol–water partition coefficient (Wildman–Crippen LogP) is 1.24. The lowest BCUT2D eigenvalue weighted by atomic mass is 10.0. The normalized spacial score (nSPS) is 20.4. The Morgan fingerprint density at radius 2 is 1.82 bits per heavy atom. The highest BCUT2D eigenvalue weighted by molar-refractivity contribution is 5.28. The van der Waals surface area contributed by atoms with Gasteiger partial charge in [0, 0.05) is 38.8 Å².